The van der Waals surface area contributed by atoms with Crippen LogP contribution in [0.1, 0.15) is 30.0 Å². The number of sulfonamides is 1. The Hall–Kier alpha value is -2.87. The number of amides is 1. The van der Waals surface area contributed by atoms with Crippen molar-refractivity contribution in [3.63, 3.8) is 0 Å². The fourth-order valence-electron chi connectivity index (χ4n) is 4.18. The molecule has 0 unspecified atom stereocenters. The van der Waals surface area contributed by atoms with Gasteiger partial charge < -0.3 is 10.1 Å². The van der Waals surface area contributed by atoms with E-state index in [9.17, 15) is 13.2 Å². The number of benzene rings is 3. The smallest absolute Gasteiger partial charge is 0.243 e. The largest absolute Gasteiger partial charge is 0.497 e. The van der Waals surface area contributed by atoms with Gasteiger partial charge in [0.2, 0.25) is 15.9 Å². The minimum atomic E-state index is -3.61. The van der Waals surface area contributed by atoms with E-state index in [1.54, 1.807) is 19.2 Å². The number of halogens is 1. The van der Waals surface area contributed by atoms with E-state index < -0.39 is 10.0 Å². The highest BCUT2D eigenvalue weighted by atomic mass is 35.5. The average molecular weight is 499 g/mol. The number of nitrogens with one attached hydrogen (secondary N) is 1. The lowest BCUT2D eigenvalue weighted by atomic mass is 9.94. The molecule has 34 heavy (non-hydrogen) atoms. The number of methoxy groups -OCH3 is 1. The normalized spacial score (nSPS) is 16.1. The third-order valence-corrected chi connectivity index (χ3v) is 8.31. The molecule has 0 saturated carbocycles. The molecule has 6 nitrogen and oxygen atoms in total. The summed E-state index contributed by atoms with van der Waals surface area (Å²) in [6.45, 7) is 0.586. The number of rotatable bonds is 7. The Labute approximate surface area is 205 Å². The molecule has 178 valence electrons. The molecule has 1 saturated heterocycles. The number of carbonyl (C=O) groups is 1. The molecule has 1 N–H and O–H groups in total. The predicted octanol–water partition coefficient (Wildman–Crippen LogP) is 4.66. The van der Waals surface area contributed by atoms with Crippen molar-refractivity contribution in [1.29, 1.82) is 0 Å². The molecule has 1 amide bonds. The van der Waals surface area contributed by atoms with Crippen LogP contribution in [0.5, 0.6) is 5.75 Å². The van der Waals surface area contributed by atoms with Crippen LogP contribution in [0, 0.1) is 5.92 Å². The Kier molecular flexibility index (Phi) is 7.56. The van der Waals surface area contributed by atoms with Gasteiger partial charge in [0.05, 0.1) is 18.0 Å². The van der Waals surface area contributed by atoms with Crippen LogP contribution in [0.15, 0.2) is 83.8 Å². The quantitative estimate of drug-likeness (QED) is 0.514. The van der Waals surface area contributed by atoms with Gasteiger partial charge >= 0.3 is 0 Å². The Morgan fingerprint density at radius 2 is 1.53 bits per heavy atom. The lowest BCUT2D eigenvalue weighted by Crippen LogP contribution is -2.43. The zero-order valence-corrected chi connectivity index (χ0v) is 20.4. The van der Waals surface area contributed by atoms with Crippen molar-refractivity contribution in [2.75, 3.05) is 20.2 Å². The molecule has 1 heterocycles. The zero-order valence-electron chi connectivity index (χ0n) is 18.9. The minimum absolute atomic E-state index is 0.0757. The Morgan fingerprint density at radius 1 is 0.941 bits per heavy atom. The van der Waals surface area contributed by atoms with Gasteiger partial charge in [-0.1, -0.05) is 54.1 Å². The van der Waals surface area contributed by atoms with E-state index in [2.05, 4.69) is 5.32 Å². The fourth-order valence-corrected chi connectivity index (χ4v) is 5.77. The van der Waals surface area contributed by atoms with Crippen LogP contribution < -0.4 is 10.1 Å². The van der Waals surface area contributed by atoms with Crippen LogP contribution in [-0.4, -0.2) is 38.8 Å². The van der Waals surface area contributed by atoms with E-state index in [-0.39, 0.29) is 22.8 Å². The van der Waals surface area contributed by atoms with E-state index in [1.807, 2.05) is 54.6 Å². The van der Waals surface area contributed by atoms with Gasteiger partial charge in [-0.3, -0.25) is 4.79 Å². The van der Waals surface area contributed by atoms with Gasteiger partial charge in [0.25, 0.3) is 0 Å². The van der Waals surface area contributed by atoms with Gasteiger partial charge in [-0.05, 0) is 60.4 Å². The summed E-state index contributed by atoms with van der Waals surface area (Å²) in [5.41, 5.74) is 1.92. The highest BCUT2D eigenvalue weighted by Gasteiger charge is 2.33. The molecule has 3 aromatic carbocycles. The standard InChI is InChI=1S/C26H27ClN2O4S/c1-33-23-11-7-20(8-12-23)25(19-5-3-2-4-6-19)28-26(30)21-15-17-29(18-16-21)34(31,32)24-13-9-22(27)10-14-24/h2-14,21,25H,15-18H2,1H3,(H,28,30)/t25-/m0/s1. The van der Waals surface area contributed by atoms with Crippen molar-refractivity contribution < 1.29 is 17.9 Å². The van der Waals surface area contributed by atoms with Gasteiger partial charge in [-0.2, -0.15) is 4.31 Å². The molecule has 0 aliphatic carbocycles. The summed E-state index contributed by atoms with van der Waals surface area (Å²) in [6, 6.07) is 23.3. The third kappa shape index (κ3) is 5.43. The SMILES string of the molecule is COc1ccc([C@@H](NC(=O)C2CCN(S(=O)(=O)c3ccc(Cl)cc3)CC2)c2ccccc2)cc1. The topological polar surface area (TPSA) is 75.7 Å². The maximum absolute atomic E-state index is 13.2. The first kappa shape index (κ1) is 24.3. The first-order chi connectivity index (χ1) is 16.4. The zero-order chi connectivity index (χ0) is 24.1. The lowest BCUT2D eigenvalue weighted by Gasteiger charge is -2.31. The molecule has 0 radical (unpaired) electrons. The number of carbonyl (C=O) groups excluding carboxylic acids is 1. The van der Waals surface area contributed by atoms with Crippen LogP contribution >= 0.6 is 11.6 Å². The van der Waals surface area contributed by atoms with Crippen molar-refractivity contribution in [1.82, 2.24) is 9.62 Å². The van der Waals surface area contributed by atoms with Crippen molar-refractivity contribution >= 4 is 27.5 Å². The number of ether oxygens (including phenoxy) is 1. The Morgan fingerprint density at radius 3 is 2.12 bits per heavy atom. The van der Waals surface area contributed by atoms with Gasteiger partial charge in [0, 0.05) is 24.0 Å². The molecule has 3 aromatic rings. The van der Waals surface area contributed by atoms with E-state index in [0.29, 0.717) is 31.0 Å². The summed E-state index contributed by atoms with van der Waals surface area (Å²) in [5, 5.41) is 3.67. The Balaban J connectivity index is 1.45. The maximum atomic E-state index is 13.2. The van der Waals surface area contributed by atoms with Crippen LogP contribution in [0.25, 0.3) is 0 Å². The second-order valence-electron chi connectivity index (χ2n) is 8.26. The van der Waals surface area contributed by atoms with Crippen molar-refractivity contribution in [3.05, 3.63) is 95.0 Å². The number of piperidine rings is 1. The summed E-state index contributed by atoms with van der Waals surface area (Å²) in [5.74, 6) is 0.408. The number of hydrogen-bond donors (Lipinski definition) is 1. The summed E-state index contributed by atoms with van der Waals surface area (Å²) in [6.07, 6.45) is 0.922. The van der Waals surface area contributed by atoms with Crippen molar-refractivity contribution in [2.24, 2.45) is 5.92 Å². The van der Waals surface area contributed by atoms with Gasteiger partial charge in [0.1, 0.15) is 5.75 Å². The van der Waals surface area contributed by atoms with Crippen LogP contribution in [0.2, 0.25) is 5.02 Å². The molecule has 0 bridgehead atoms. The molecule has 8 heteroatoms. The first-order valence-electron chi connectivity index (χ1n) is 11.1. The molecule has 1 aliphatic heterocycles. The summed E-state index contributed by atoms with van der Waals surface area (Å²) < 4.78 is 32.6. The van der Waals surface area contributed by atoms with E-state index >= 15 is 0 Å². The fraction of sp³-hybridized carbons (Fsp3) is 0.269. The monoisotopic (exact) mass is 498 g/mol. The maximum Gasteiger partial charge on any atom is 0.243 e. The van der Waals surface area contributed by atoms with Crippen LogP contribution in [0.4, 0.5) is 0 Å². The van der Waals surface area contributed by atoms with Crippen LogP contribution in [-0.2, 0) is 14.8 Å². The third-order valence-electron chi connectivity index (χ3n) is 6.14. The molecule has 0 aromatic heterocycles. The van der Waals surface area contributed by atoms with Crippen molar-refractivity contribution in [2.45, 2.75) is 23.8 Å². The minimum Gasteiger partial charge on any atom is -0.497 e. The van der Waals surface area contributed by atoms with Gasteiger partial charge in [-0.15, -0.1) is 0 Å². The Bertz CT molecular complexity index is 1210. The van der Waals surface area contributed by atoms with E-state index in [1.165, 1.54) is 16.4 Å². The highest BCUT2D eigenvalue weighted by Crippen LogP contribution is 2.28. The highest BCUT2D eigenvalue weighted by molar-refractivity contribution is 7.89. The molecular formula is C26H27ClN2O4S. The van der Waals surface area contributed by atoms with Gasteiger partial charge in [0.15, 0.2) is 0 Å². The summed E-state index contributed by atoms with van der Waals surface area (Å²) in [4.78, 5) is 13.4. The van der Waals surface area contributed by atoms with Crippen molar-refractivity contribution in [3.8, 4) is 5.75 Å². The molecule has 1 atom stereocenters. The second kappa shape index (κ2) is 10.6. The summed E-state index contributed by atoms with van der Waals surface area (Å²) >= 11 is 5.89. The summed E-state index contributed by atoms with van der Waals surface area (Å²) in [7, 11) is -2.00. The number of hydrogen-bond acceptors (Lipinski definition) is 4. The lowest BCUT2D eigenvalue weighted by molar-refractivity contribution is -0.126. The van der Waals surface area contributed by atoms with E-state index in [0.717, 1.165) is 16.9 Å². The average Bonchev–Trinajstić information content (AvgIpc) is 2.88. The van der Waals surface area contributed by atoms with Gasteiger partial charge in [-0.25, -0.2) is 8.42 Å². The molecular weight excluding hydrogens is 472 g/mol. The molecule has 0 spiro atoms. The van der Waals surface area contributed by atoms with E-state index in [4.69, 9.17) is 16.3 Å². The first-order valence-corrected chi connectivity index (χ1v) is 13.0. The molecule has 1 fully saturated rings. The van der Waals surface area contributed by atoms with Crippen LogP contribution in [0.3, 0.4) is 0 Å². The number of nitrogens with zero attached hydrogens (tertiary/aromatic N) is 1. The molecule has 4 rings (SSSR count). The predicted molar refractivity (Wildman–Crippen MR) is 132 cm³/mol. The molecule has 1 aliphatic rings. The second-order valence-corrected chi connectivity index (χ2v) is 10.6.